The van der Waals surface area contributed by atoms with Gasteiger partial charge in [-0.15, -0.1) is 0 Å². The summed E-state index contributed by atoms with van der Waals surface area (Å²) in [7, 11) is -3.44. The Labute approximate surface area is 210 Å². The number of rotatable bonds is 7. The van der Waals surface area contributed by atoms with Crippen molar-refractivity contribution >= 4 is 33.0 Å². The molecule has 35 heavy (non-hydrogen) atoms. The van der Waals surface area contributed by atoms with Crippen LogP contribution in [-0.4, -0.2) is 20.1 Å². The number of hydrogen-bond acceptors (Lipinski definition) is 4. The molecule has 0 bridgehead atoms. The second-order valence-electron chi connectivity index (χ2n) is 7.92. The molecule has 4 rings (SSSR count). The number of hydrogen-bond donors (Lipinski definition) is 1. The molecule has 4 aromatic rings. The van der Waals surface area contributed by atoms with Crippen molar-refractivity contribution in [2.75, 3.05) is 11.1 Å². The lowest BCUT2D eigenvalue weighted by Crippen LogP contribution is -2.09. The van der Waals surface area contributed by atoms with Gasteiger partial charge in [0.2, 0.25) is 5.91 Å². The Morgan fingerprint density at radius 2 is 1.57 bits per heavy atom. The molecule has 7 heteroatoms. The SMILES string of the molecule is CCS(=O)(=O)c1ccc(NC(C)=O)c(-c2ccc(-c3ccccc3)c(Oc3ccc(Cl)cc3)c2)c1. The molecule has 5 nitrogen and oxygen atoms in total. The molecular formula is C28H24ClNO4S. The monoisotopic (exact) mass is 505 g/mol. The number of halogens is 1. The molecule has 0 saturated heterocycles. The minimum atomic E-state index is -3.44. The third-order valence-electron chi connectivity index (χ3n) is 5.46. The third-order valence-corrected chi connectivity index (χ3v) is 7.44. The third kappa shape index (κ3) is 5.73. The number of carbonyl (C=O) groups is 1. The van der Waals surface area contributed by atoms with Crippen molar-refractivity contribution in [3.05, 3.63) is 96.0 Å². The molecule has 0 atom stereocenters. The molecule has 0 saturated carbocycles. The molecule has 0 aliphatic carbocycles. The van der Waals surface area contributed by atoms with Crippen molar-refractivity contribution in [1.29, 1.82) is 0 Å². The van der Waals surface area contributed by atoms with Gasteiger partial charge in [0.1, 0.15) is 11.5 Å². The zero-order valence-electron chi connectivity index (χ0n) is 19.3. The maximum atomic E-state index is 12.6. The first kappa shape index (κ1) is 24.5. The Morgan fingerprint density at radius 1 is 0.857 bits per heavy atom. The summed E-state index contributed by atoms with van der Waals surface area (Å²) in [5.41, 5.74) is 3.62. The van der Waals surface area contributed by atoms with Crippen molar-refractivity contribution in [3.63, 3.8) is 0 Å². The molecule has 1 amide bonds. The Morgan fingerprint density at radius 3 is 2.23 bits per heavy atom. The van der Waals surface area contributed by atoms with E-state index in [0.29, 0.717) is 33.3 Å². The number of nitrogens with one attached hydrogen (secondary N) is 1. The van der Waals surface area contributed by atoms with Gasteiger partial charge in [0.25, 0.3) is 0 Å². The van der Waals surface area contributed by atoms with Gasteiger partial charge in [-0.3, -0.25) is 4.79 Å². The molecule has 0 fully saturated rings. The zero-order valence-corrected chi connectivity index (χ0v) is 20.9. The average Bonchev–Trinajstić information content (AvgIpc) is 2.86. The van der Waals surface area contributed by atoms with Crippen molar-refractivity contribution in [3.8, 4) is 33.8 Å². The minimum absolute atomic E-state index is 0.0240. The van der Waals surface area contributed by atoms with Gasteiger partial charge in [0.05, 0.1) is 10.6 Å². The first-order chi connectivity index (χ1) is 16.8. The van der Waals surface area contributed by atoms with Gasteiger partial charge in [0.15, 0.2) is 9.84 Å². The van der Waals surface area contributed by atoms with E-state index in [-0.39, 0.29) is 16.6 Å². The minimum Gasteiger partial charge on any atom is -0.457 e. The van der Waals surface area contributed by atoms with Gasteiger partial charge in [-0.2, -0.15) is 0 Å². The summed E-state index contributed by atoms with van der Waals surface area (Å²) in [6, 6.07) is 27.2. The van der Waals surface area contributed by atoms with Crippen LogP contribution in [0.4, 0.5) is 5.69 Å². The number of amides is 1. The van der Waals surface area contributed by atoms with Gasteiger partial charge in [0, 0.05) is 28.8 Å². The van der Waals surface area contributed by atoms with Gasteiger partial charge in [-0.25, -0.2) is 8.42 Å². The van der Waals surface area contributed by atoms with Crippen LogP contribution in [0.3, 0.4) is 0 Å². The summed E-state index contributed by atoms with van der Waals surface area (Å²) < 4.78 is 31.4. The largest absolute Gasteiger partial charge is 0.457 e. The molecule has 178 valence electrons. The molecule has 0 aliphatic heterocycles. The van der Waals surface area contributed by atoms with Crippen LogP contribution >= 0.6 is 11.6 Å². The quantitative estimate of drug-likeness (QED) is 0.288. The topological polar surface area (TPSA) is 72.5 Å². The number of sulfone groups is 1. The number of ether oxygens (including phenoxy) is 1. The van der Waals surface area contributed by atoms with Crippen LogP contribution in [0.5, 0.6) is 11.5 Å². The molecule has 0 aromatic heterocycles. The summed E-state index contributed by atoms with van der Waals surface area (Å²) in [4.78, 5) is 12.0. The van der Waals surface area contributed by atoms with Crippen molar-refractivity contribution < 1.29 is 17.9 Å². The summed E-state index contributed by atoms with van der Waals surface area (Å²) >= 11 is 6.03. The van der Waals surface area contributed by atoms with E-state index in [1.165, 1.54) is 13.0 Å². The maximum absolute atomic E-state index is 12.6. The molecule has 4 aromatic carbocycles. The van der Waals surface area contributed by atoms with E-state index < -0.39 is 9.84 Å². The zero-order chi connectivity index (χ0) is 25.0. The molecule has 0 spiro atoms. The summed E-state index contributed by atoms with van der Waals surface area (Å²) in [6.07, 6.45) is 0. The first-order valence-corrected chi connectivity index (χ1v) is 13.1. The van der Waals surface area contributed by atoms with Crippen LogP contribution in [0, 0.1) is 0 Å². The molecular weight excluding hydrogens is 482 g/mol. The average molecular weight is 506 g/mol. The van der Waals surface area contributed by atoms with Gasteiger partial charge >= 0.3 is 0 Å². The highest BCUT2D eigenvalue weighted by Crippen LogP contribution is 2.39. The van der Waals surface area contributed by atoms with Gasteiger partial charge in [-0.05, 0) is 59.7 Å². The van der Waals surface area contributed by atoms with E-state index in [2.05, 4.69) is 5.32 Å². The normalized spacial score (nSPS) is 11.2. The van der Waals surface area contributed by atoms with Crippen molar-refractivity contribution in [2.24, 2.45) is 0 Å². The van der Waals surface area contributed by atoms with Crippen LogP contribution in [0.1, 0.15) is 13.8 Å². The fourth-order valence-electron chi connectivity index (χ4n) is 3.68. The van der Waals surface area contributed by atoms with Crippen molar-refractivity contribution in [1.82, 2.24) is 0 Å². The second-order valence-corrected chi connectivity index (χ2v) is 10.6. The Balaban J connectivity index is 1.89. The molecule has 0 radical (unpaired) electrons. The highest BCUT2D eigenvalue weighted by Gasteiger charge is 2.18. The van der Waals surface area contributed by atoms with Crippen LogP contribution < -0.4 is 10.1 Å². The number of benzene rings is 4. The van der Waals surface area contributed by atoms with Crippen LogP contribution in [-0.2, 0) is 14.6 Å². The lowest BCUT2D eigenvalue weighted by Gasteiger charge is -2.16. The van der Waals surface area contributed by atoms with E-state index in [9.17, 15) is 13.2 Å². The Bertz CT molecular complexity index is 1470. The predicted octanol–water partition coefficient (Wildman–Crippen LogP) is 7.22. The molecule has 0 unspecified atom stereocenters. The standard InChI is InChI=1S/C28H24ClNO4S/c1-3-35(32,33)24-14-16-27(30-19(2)31)26(18-24)21-9-15-25(20-7-5-4-6-8-20)28(17-21)34-23-12-10-22(29)11-13-23/h4-18H,3H2,1-2H3,(H,30,31). The van der Waals surface area contributed by atoms with Gasteiger partial charge < -0.3 is 10.1 Å². The van der Waals surface area contributed by atoms with E-state index in [1.807, 2.05) is 48.5 Å². The fourth-order valence-corrected chi connectivity index (χ4v) is 4.71. The summed E-state index contributed by atoms with van der Waals surface area (Å²) in [5, 5.41) is 3.40. The van der Waals surface area contributed by atoms with E-state index in [0.717, 1.165) is 11.1 Å². The van der Waals surface area contributed by atoms with Crippen LogP contribution in [0.2, 0.25) is 5.02 Å². The summed E-state index contributed by atoms with van der Waals surface area (Å²) in [6.45, 7) is 3.01. The van der Waals surface area contributed by atoms with Crippen LogP contribution in [0.25, 0.3) is 22.3 Å². The highest BCUT2D eigenvalue weighted by atomic mass is 35.5. The smallest absolute Gasteiger partial charge is 0.221 e. The molecule has 0 heterocycles. The molecule has 0 aliphatic rings. The summed E-state index contributed by atoms with van der Waals surface area (Å²) in [5.74, 6) is 0.904. The Kier molecular flexibility index (Phi) is 7.24. The molecule has 1 N–H and O–H groups in total. The second kappa shape index (κ2) is 10.3. The fraction of sp³-hybridized carbons (Fsp3) is 0.107. The lowest BCUT2D eigenvalue weighted by molar-refractivity contribution is -0.114. The number of carbonyl (C=O) groups excluding carboxylic acids is 1. The predicted molar refractivity (Wildman–Crippen MR) is 141 cm³/mol. The Hall–Kier alpha value is -3.61. The van der Waals surface area contributed by atoms with E-state index >= 15 is 0 Å². The first-order valence-electron chi connectivity index (χ1n) is 11.0. The lowest BCUT2D eigenvalue weighted by atomic mass is 9.98. The van der Waals surface area contributed by atoms with E-state index in [1.54, 1.807) is 43.3 Å². The number of anilines is 1. The van der Waals surface area contributed by atoms with Crippen molar-refractivity contribution in [2.45, 2.75) is 18.7 Å². The van der Waals surface area contributed by atoms with E-state index in [4.69, 9.17) is 16.3 Å². The maximum Gasteiger partial charge on any atom is 0.221 e. The van der Waals surface area contributed by atoms with Gasteiger partial charge in [-0.1, -0.05) is 61.0 Å². The van der Waals surface area contributed by atoms with Crippen LogP contribution in [0.15, 0.2) is 95.9 Å². The highest BCUT2D eigenvalue weighted by molar-refractivity contribution is 7.91.